The summed E-state index contributed by atoms with van der Waals surface area (Å²) < 4.78 is 5.24. The van der Waals surface area contributed by atoms with Crippen molar-refractivity contribution in [2.24, 2.45) is 0 Å². The van der Waals surface area contributed by atoms with Gasteiger partial charge in [0.1, 0.15) is 5.75 Å². The van der Waals surface area contributed by atoms with E-state index in [-0.39, 0.29) is 30.4 Å². The molecule has 2 aromatic rings. The molecule has 3 amide bonds. The maximum absolute atomic E-state index is 11.8. The van der Waals surface area contributed by atoms with Gasteiger partial charge in [-0.05, 0) is 23.8 Å². The number of hydrazine groups is 1. The zero-order chi connectivity index (χ0) is 20.4. The van der Waals surface area contributed by atoms with Crippen LogP contribution in [0.1, 0.15) is 18.4 Å². The molecule has 28 heavy (non-hydrogen) atoms. The fraction of sp³-hybridized carbons (Fsp3) is 0.211. The topological polar surface area (TPSA) is 96.5 Å². The Morgan fingerprint density at radius 2 is 1.54 bits per heavy atom. The summed E-state index contributed by atoms with van der Waals surface area (Å²) in [5.41, 5.74) is 5.39. The fourth-order valence-electron chi connectivity index (χ4n) is 2.09. The first-order chi connectivity index (χ1) is 13.4. The predicted molar refractivity (Wildman–Crippen MR) is 106 cm³/mol. The van der Waals surface area contributed by atoms with Crippen LogP contribution >= 0.6 is 23.2 Å². The molecular weight excluding hydrogens is 405 g/mol. The number of carbonyl (C=O) groups is 3. The molecular formula is C19H19Cl2N3O4. The molecule has 0 aliphatic rings. The Labute approximate surface area is 172 Å². The van der Waals surface area contributed by atoms with Crippen molar-refractivity contribution in [3.05, 3.63) is 64.1 Å². The van der Waals surface area contributed by atoms with Crippen LogP contribution in [0, 0.1) is 0 Å². The molecule has 0 aromatic heterocycles. The number of carbonyl (C=O) groups excluding carboxylic acids is 3. The number of hydrogen-bond donors (Lipinski definition) is 3. The predicted octanol–water partition coefficient (Wildman–Crippen LogP) is 2.62. The molecule has 0 bridgehead atoms. The molecule has 0 fully saturated rings. The highest BCUT2D eigenvalue weighted by molar-refractivity contribution is 6.35. The minimum atomic E-state index is -0.576. The highest BCUT2D eigenvalue weighted by Crippen LogP contribution is 2.27. The van der Waals surface area contributed by atoms with Gasteiger partial charge in [-0.15, -0.1) is 0 Å². The van der Waals surface area contributed by atoms with Gasteiger partial charge in [0.15, 0.2) is 6.61 Å². The number of rotatable bonds is 8. The number of ether oxygens (including phenoxy) is 1. The molecule has 0 unspecified atom stereocenters. The van der Waals surface area contributed by atoms with Gasteiger partial charge in [-0.2, -0.15) is 0 Å². The van der Waals surface area contributed by atoms with E-state index >= 15 is 0 Å². The smallest absolute Gasteiger partial charge is 0.276 e. The second-order valence-electron chi connectivity index (χ2n) is 5.72. The standard InChI is InChI=1S/C19H19Cl2N3O4/c20-14-6-7-16(15(21)10-14)28-12-19(27)24-23-18(26)9-8-17(25)22-11-13-4-2-1-3-5-13/h1-7,10H,8-9,11-12H2,(H,22,25)(H,23,26)(H,24,27). The molecule has 0 saturated heterocycles. The van der Waals surface area contributed by atoms with Crippen molar-refractivity contribution in [3.63, 3.8) is 0 Å². The maximum Gasteiger partial charge on any atom is 0.276 e. The van der Waals surface area contributed by atoms with Gasteiger partial charge in [-0.25, -0.2) is 0 Å². The first-order valence-corrected chi connectivity index (χ1v) is 9.16. The molecule has 0 heterocycles. The lowest BCUT2D eigenvalue weighted by atomic mass is 10.2. The van der Waals surface area contributed by atoms with Crippen LogP contribution in [0.4, 0.5) is 0 Å². The molecule has 0 radical (unpaired) electrons. The number of amides is 3. The van der Waals surface area contributed by atoms with E-state index in [9.17, 15) is 14.4 Å². The van der Waals surface area contributed by atoms with Crippen LogP contribution in [-0.2, 0) is 20.9 Å². The van der Waals surface area contributed by atoms with E-state index in [4.69, 9.17) is 27.9 Å². The summed E-state index contributed by atoms with van der Waals surface area (Å²) in [6.07, 6.45) is -0.0593. The largest absolute Gasteiger partial charge is 0.482 e. The van der Waals surface area contributed by atoms with Gasteiger partial charge in [0.05, 0.1) is 5.02 Å². The Bertz CT molecular complexity index is 831. The minimum Gasteiger partial charge on any atom is -0.482 e. The SMILES string of the molecule is O=C(CCC(=O)NNC(=O)COc1ccc(Cl)cc1Cl)NCc1ccccc1. The van der Waals surface area contributed by atoms with E-state index in [1.165, 1.54) is 12.1 Å². The molecule has 2 rings (SSSR count). The van der Waals surface area contributed by atoms with E-state index in [2.05, 4.69) is 16.2 Å². The highest BCUT2D eigenvalue weighted by Gasteiger charge is 2.10. The monoisotopic (exact) mass is 423 g/mol. The summed E-state index contributed by atoms with van der Waals surface area (Å²) in [5.74, 6) is -1.03. The highest BCUT2D eigenvalue weighted by atomic mass is 35.5. The van der Waals surface area contributed by atoms with Gasteiger partial charge in [0.2, 0.25) is 11.8 Å². The molecule has 0 aliphatic carbocycles. The molecule has 9 heteroatoms. The van der Waals surface area contributed by atoms with Crippen LogP contribution in [0.5, 0.6) is 5.75 Å². The Balaban J connectivity index is 1.60. The third kappa shape index (κ3) is 7.85. The lowest BCUT2D eigenvalue weighted by Crippen LogP contribution is -2.44. The summed E-state index contributed by atoms with van der Waals surface area (Å²) in [4.78, 5) is 35.2. The molecule has 0 aliphatic heterocycles. The maximum atomic E-state index is 11.8. The Morgan fingerprint density at radius 3 is 2.25 bits per heavy atom. The van der Waals surface area contributed by atoms with Crippen LogP contribution < -0.4 is 20.9 Å². The van der Waals surface area contributed by atoms with E-state index in [0.717, 1.165) is 5.56 Å². The van der Waals surface area contributed by atoms with Gasteiger partial charge < -0.3 is 10.1 Å². The van der Waals surface area contributed by atoms with E-state index in [0.29, 0.717) is 17.3 Å². The van der Waals surface area contributed by atoms with Crippen molar-refractivity contribution in [1.29, 1.82) is 0 Å². The molecule has 3 N–H and O–H groups in total. The van der Waals surface area contributed by atoms with Crippen molar-refractivity contribution in [2.75, 3.05) is 6.61 Å². The second-order valence-corrected chi connectivity index (χ2v) is 6.57. The minimum absolute atomic E-state index is 0.00538. The molecule has 148 valence electrons. The Morgan fingerprint density at radius 1 is 0.857 bits per heavy atom. The molecule has 0 spiro atoms. The van der Waals surface area contributed by atoms with Crippen molar-refractivity contribution >= 4 is 40.9 Å². The first-order valence-electron chi connectivity index (χ1n) is 8.40. The number of hydrogen-bond acceptors (Lipinski definition) is 4. The zero-order valence-electron chi connectivity index (χ0n) is 14.8. The fourth-order valence-corrected chi connectivity index (χ4v) is 2.55. The Hall–Kier alpha value is -2.77. The second kappa shape index (κ2) is 11.2. The average Bonchev–Trinajstić information content (AvgIpc) is 2.69. The normalized spacial score (nSPS) is 10.1. The summed E-state index contributed by atoms with van der Waals surface area (Å²) in [6, 6.07) is 14.0. The molecule has 7 nitrogen and oxygen atoms in total. The van der Waals surface area contributed by atoms with Crippen molar-refractivity contribution < 1.29 is 19.1 Å². The van der Waals surface area contributed by atoms with Gasteiger partial charge in [-0.1, -0.05) is 53.5 Å². The van der Waals surface area contributed by atoms with Crippen molar-refractivity contribution in [1.82, 2.24) is 16.2 Å². The summed E-state index contributed by atoms with van der Waals surface area (Å²) in [6.45, 7) is 0.0435. The summed E-state index contributed by atoms with van der Waals surface area (Å²) in [7, 11) is 0. The first kappa shape index (κ1) is 21.5. The lowest BCUT2D eigenvalue weighted by molar-refractivity contribution is -0.131. The third-order valence-corrected chi connectivity index (χ3v) is 4.04. The van der Waals surface area contributed by atoms with Gasteiger partial charge in [0.25, 0.3) is 5.91 Å². The molecule has 2 aromatic carbocycles. The lowest BCUT2D eigenvalue weighted by Gasteiger charge is -2.10. The molecule has 0 atom stereocenters. The summed E-state index contributed by atoms with van der Waals surface area (Å²) >= 11 is 11.7. The quantitative estimate of drug-likeness (QED) is 0.568. The van der Waals surface area contributed by atoms with Crippen LogP contribution in [-0.4, -0.2) is 24.3 Å². The van der Waals surface area contributed by atoms with E-state index in [1.54, 1.807) is 6.07 Å². The van der Waals surface area contributed by atoms with Gasteiger partial charge in [0, 0.05) is 24.4 Å². The number of nitrogens with one attached hydrogen (secondary N) is 3. The van der Waals surface area contributed by atoms with E-state index in [1.807, 2.05) is 30.3 Å². The van der Waals surface area contributed by atoms with Crippen LogP contribution in [0.25, 0.3) is 0 Å². The third-order valence-electron chi connectivity index (χ3n) is 3.51. The van der Waals surface area contributed by atoms with Crippen LogP contribution in [0.15, 0.2) is 48.5 Å². The van der Waals surface area contributed by atoms with Crippen molar-refractivity contribution in [2.45, 2.75) is 19.4 Å². The van der Waals surface area contributed by atoms with Gasteiger partial charge >= 0.3 is 0 Å². The van der Waals surface area contributed by atoms with E-state index < -0.39 is 11.8 Å². The van der Waals surface area contributed by atoms with Crippen LogP contribution in [0.2, 0.25) is 10.0 Å². The summed E-state index contributed by atoms with van der Waals surface area (Å²) in [5, 5.41) is 3.43. The zero-order valence-corrected chi connectivity index (χ0v) is 16.3. The van der Waals surface area contributed by atoms with Crippen LogP contribution in [0.3, 0.4) is 0 Å². The number of benzene rings is 2. The molecule has 0 saturated carbocycles. The van der Waals surface area contributed by atoms with Crippen molar-refractivity contribution in [3.8, 4) is 5.75 Å². The van der Waals surface area contributed by atoms with Gasteiger partial charge in [-0.3, -0.25) is 25.2 Å². The Kier molecular flexibility index (Phi) is 8.58. The number of halogens is 2. The average molecular weight is 424 g/mol.